The van der Waals surface area contributed by atoms with Crippen LogP contribution < -0.4 is 4.74 Å². The average molecular weight is 494 g/mol. The Hall–Kier alpha value is -3.38. The van der Waals surface area contributed by atoms with Gasteiger partial charge in [0.25, 0.3) is 5.91 Å². The van der Waals surface area contributed by atoms with Crippen molar-refractivity contribution in [2.24, 2.45) is 0 Å². The number of nitrogens with zero attached hydrogens (tertiary/aromatic N) is 4. The Balaban J connectivity index is 1.38. The molecule has 1 saturated heterocycles. The molecule has 1 aliphatic heterocycles. The zero-order chi connectivity index (χ0) is 24.5. The number of hydrogen-bond donors (Lipinski definition) is 0. The SMILES string of the molecule is Cc1ccnn1-c1ccc(C(=O)N2CCN(S(=O)(=O)c3ccc(OC(F)(F)F)cc3)CC2)cc1. The molecule has 1 aromatic heterocycles. The van der Waals surface area contributed by atoms with Gasteiger partial charge in [-0.15, -0.1) is 13.2 Å². The molecule has 0 unspecified atom stereocenters. The summed E-state index contributed by atoms with van der Waals surface area (Å²) in [6.07, 6.45) is -3.17. The van der Waals surface area contributed by atoms with Crippen LogP contribution >= 0.6 is 0 Å². The molecular weight excluding hydrogens is 473 g/mol. The quantitative estimate of drug-likeness (QED) is 0.544. The molecule has 0 bridgehead atoms. The molecule has 0 aliphatic carbocycles. The molecule has 34 heavy (non-hydrogen) atoms. The van der Waals surface area contributed by atoms with Crippen molar-refractivity contribution >= 4 is 15.9 Å². The van der Waals surface area contributed by atoms with E-state index in [2.05, 4.69) is 9.84 Å². The number of sulfonamides is 1. The van der Waals surface area contributed by atoms with Crippen molar-refractivity contribution in [3.05, 3.63) is 72.1 Å². The largest absolute Gasteiger partial charge is 0.573 e. The zero-order valence-electron chi connectivity index (χ0n) is 18.1. The fourth-order valence-electron chi connectivity index (χ4n) is 3.66. The van der Waals surface area contributed by atoms with E-state index in [1.165, 1.54) is 4.31 Å². The fraction of sp³-hybridized carbons (Fsp3) is 0.273. The monoisotopic (exact) mass is 494 g/mol. The number of benzene rings is 2. The van der Waals surface area contributed by atoms with Crippen molar-refractivity contribution in [3.8, 4) is 11.4 Å². The summed E-state index contributed by atoms with van der Waals surface area (Å²) in [5.41, 5.74) is 2.26. The summed E-state index contributed by atoms with van der Waals surface area (Å²) in [7, 11) is -3.92. The first-order valence-electron chi connectivity index (χ1n) is 10.3. The summed E-state index contributed by atoms with van der Waals surface area (Å²) < 4.78 is 69.4. The molecule has 0 N–H and O–H groups in total. The molecule has 0 saturated carbocycles. The number of aromatic nitrogens is 2. The van der Waals surface area contributed by atoms with E-state index in [0.29, 0.717) is 5.56 Å². The second kappa shape index (κ2) is 9.11. The number of amides is 1. The summed E-state index contributed by atoms with van der Waals surface area (Å²) in [4.78, 5) is 14.3. The van der Waals surface area contributed by atoms with E-state index >= 15 is 0 Å². The van der Waals surface area contributed by atoms with Crippen molar-refractivity contribution in [3.63, 3.8) is 0 Å². The minimum Gasteiger partial charge on any atom is -0.406 e. The lowest BCUT2D eigenvalue weighted by Gasteiger charge is -2.34. The number of rotatable bonds is 5. The Labute approximate surface area is 194 Å². The van der Waals surface area contributed by atoms with Crippen LogP contribution in [0.3, 0.4) is 0 Å². The number of aryl methyl sites for hydroxylation is 1. The van der Waals surface area contributed by atoms with Gasteiger partial charge in [0.1, 0.15) is 5.75 Å². The van der Waals surface area contributed by atoms with E-state index < -0.39 is 22.1 Å². The van der Waals surface area contributed by atoms with Crippen LogP contribution in [0.4, 0.5) is 13.2 Å². The molecule has 1 amide bonds. The van der Waals surface area contributed by atoms with E-state index in [0.717, 1.165) is 35.6 Å². The molecule has 2 heterocycles. The maximum atomic E-state index is 12.9. The van der Waals surface area contributed by atoms with Gasteiger partial charge in [-0.3, -0.25) is 4.79 Å². The molecule has 1 fully saturated rings. The molecule has 0 atom stereocenters. The third-order valence-electron chi connectivity index (χ3n) is 5.41. The molecule has 4 rings (SSSR count). The number of hydrogen-bond acceptors (Lipinski definition) is 5. The van der Waals surface area contributed by atoms with Crippen LogP contribution in [-0.4, -0.2) is 65.9 Å². The Kier molecular flexibility index (Phi) is 6.36. The van der Waals surface area contributed by atoms with Gasteiger partial charge in [-0.1, -0.05) is 0 Å². The Morgan fingerprint density at radius 1 is 0.941 bits per heavy atom. The first-order valence-corrected chi connectivity index (χ1v) is 11.7. The van der Waals surface area contributed by atoms with Gasteiger partial charge >= 0.3 is 6.36 Å². The van der Waals surface area contributed by atoms with E-state index in [1.54, 1.807) is 40.0 Å². The molecular formula is C22H21F3N4O4S. The zero-order valence-corrected chi connectivity index (χ0v) is 18.9. The van der Waals surface area contributed by atoms with Gasteiger partial charge in [-0.05, 0) is 61.5 Å². The number of ether oxygens (including phenoxy) is 1. The summed E-state index contributed by atoms with van der Waals surface area (Å²) in [6.45, 7) is 2.43. The summed E-state index contributed by atoms with van der Waals surface area (Å²) >= 11 is 0. The Morgan fingerprint density at radius 2 is 1.56 bits per heavy atom. The lowest BCUT2D eigenvalue weighted by atomic mass is 10.1. The maximum absolute atomic E-state index is 12.9. The van der Waals surface area contributed by atoms with E-state index in [-0.39, 0.29) is 37.0 Å². The van der Waals surface area contributed by atoms with Gasteiger partial charge in [0.2, 0.25) is 10.0 Å². The van der Waals surface area contributed by atoms with E-state index in [9.17, 15) is 26.4 Å². The van der Waals surface area contributed by atoms with Crippen LogP contribution in [0.2, 0.25) is 0 Å². The third kappa shape index (κ3) is 5.07. The topological polar surface area (TPSA) is 84.7 Å². The Bertz CT molecular complexity index is 1260. The number of halogens is 3. The highest BCUT2D eigenvalue weighted by Crippen LogP contribution is 2.25. The summed E-state index contributed by atoms with van der Waals surface area (Å²) in [5, 5.41) is 4.23. The number of carbonyl (C=O) groups is 1. The van der Waals surface area contributed by atoms with E-state index in [1.807, 2.05) is 13.0 Å². The number of carbonyl (C=O) groups excluding carboxylic acids is 1. The van der Waals surface area contributed by atoms with Crippen molar-refractivity contribution in [1.29, 1.82) is 0 Å². The minimum absolute atomic E-state index is 0.0689. The number of piperazine rings is 1. The van der Waals surface area contributed by atoms with Crippen LogP contribution in [0.5, 0.6) is 5.75 Å². The number of alkyl halides is 3. The highest BCUT2D eigenvalue weighted by Gasteiger charge is 2.33. The fourth-order valence-corrected chi connectivity index (χ4v) is 5.08. The summed E-state index contributed by atoms with van der Waals surface area (Å²) in [6, 6.07) is 12.9. The molecule has 1 aliphatic rings. The van der Waals surface area contributed by atoms with Crippen molar-refractivity contribution in [2.75, 3.05) is 26.2 Å². The van der Waals surface area contributed by atoms with Crippen LogP contribution in [0.15, 0.2) is 65.7 Å². The predicted octanol–water partition coefficient (Wildman–Crippen LogP) is 3.23. The third-order valence-corrected chi connectivity index (χ3v) is 7.32. The van der Waals surface area contributed by atoms with E-state index in [4.69, 9.17) is 0 Å². The molecule has 0 spiro atoms. The lowest BCUT2D eigenvalue weighted by molar-refractivity contribution is -0.274. The first kappa shape index (κ1) is 23.8. The second-order valence-electron chi connectivity index (χ2n) is 7.65. The van der Waals surface area contributed by atoms with Gasteiger partial charge < -0.3 is 9.64 Å². The van der Waals surface area contributed by atoms with Crippen LogP contribution in [0.25, 0.3) is 5.69 Å². The Morgan fingerprint density at radius 3 is 2.09 bits per heavy atom. The smallest absolute Gasteiger partial charge is 0.406 e. The van der Waals surface area contributed by atoms with Gasteiger partial charge in [0, 0.05) is 43.6 Å². The molecule has 2 aromatic carbocycles. The average Bonchev–Trinajstić information content (AvgIpc) is 3.24. The molecule has 0 radical (unpaired) electrons. The second-order valence-corrected chi connectivity index (χ2v) is 9.58. The molecule has 12 heteroatoms. The lowest BCUT2D eigenvalue weighted by Crippen LogP contribution is -2.50. The molecule has 8 nitrogen and oxygen atoms in total. The molecule has 180 valence electrons. The van der Waals surface area contributed by atoms with Crippen molar-refractivity contribution < 1.29 is 31.1 Å². The summed E-state index contributed by atoms with van der Waals surface area (Å²) in [5.74, 6) is -0.718. The maximum Gasteiger partial charge on any atom is 0.573 e. The minimum atomic E-state index is -4.86. The van der Waals surface area contributed by atoms with Gasteiger partial charge in [-0.2, -0.15) is 9.40 Å². The van der Waals surface area contributed by atoms with Gasteiger partial charge in [0.05, 0.1) is 10.6 Å². The van der Waals surface area contributed by atoms with Crippen LogP contribution in [-0.2, 0) is 10.0 Å². The molecule has 3 aromatic rings. The van der Waals surface area contributed by atoms with Crippen LogP contribution in [0, 0.1) is 6.92 Å². The highest BCUT2D eigenvalue weighted by atomic mass is 32.2. The normalized spacial score (nSPS) is 15.4. The standard InChI is InChI=1S/C22H21F3N4O4S/c1-16-10-11-26-29(16)18-4-2-17(3-5-18)21(30)27-12-14-28(15-13-27)34(31,32)20-8-6-19(7-9-20)33-22(23,24)25/h2-11H,12-15H2,1H3. The van der Waals surface area contributed by atoms with Crippen molar-refractivity contribution in [1.82, 2.24) is 19.0 Å². The van der Waals surface area contributed by atoms with Gasteiger partial charge in [-0.25, -0.2) is 13.1 Å². The highest BCUT2D eigenvalue weighted by molar-refractivity contribution is 7.89. The van der Waals surface area contributed by atoms with Gasteiger partial charge in [0.15, 0.2) is 0 Å². The predicted molar refractivity (Wildman–Crippen MR) is 116 cm³/mol. The van der Waals surface area contributed by atoms with Crippen LogP contribution in [0.1, 0.15) is 16.1 Å². The first-order chi connectivity index (χ1) is 16.0. The van der Waals surface area contributed by atoms with Crippen molar-refractivity contribution in [2.45, 2.75) is 18.2 Å².